The highest BCUT2D eigenvalue weighted by molar-refractivity contribution is 6.13. The van der Waals surface area contributed by atoms with Crippen molar-refractivity contribution in [3.05, 3.63) is 53.7 Å². The first-order valence-electron chi connectivity index (χ1n) is 18.7. The summed E-state index contributed by atoms with van der Waals surface area (Å²) in [6, 6.07) is 8.30. The number of piperazine rings is 1. The SMILES string of the molecule is CCCCCNc1nc(N)nc2ccn(Cc3ccc(CN4CCN(C(=O)CCOCCOCCNC(=O)CCN5C(=O)C=CC5=O)CC4)cc3OC)c12. The summed E-state index contributed by atoms with van der Waals surface area (Å²) in [7, 11) is 1.69. The molecule has 0 saturated carbocycles. The molecule has 16 heteroatoms. The lowest BCUT2D eigenvalue weighted by atomic mass is 10.1. The van der Waals surface area contributed by atoms with Crippen LogP contribution in [0.15, 0.2) is 42.6 Å². The second-order valence-electron chi connectivity index (χ2n) is 13.3. The van der Waals surface area contributed by atoms with Gasteiger partial charge in [0.15, 0.2) is 5.82 Å². The number of hydrogen-bond acceptors (Lipinski definition) is 12. The number of benzene rings is 1. The number of imide groups is 1. The smallest absolute Gasteiger partial charge is 0.253 e. The molecule has 0 atom stereocenters. The van der Waals surface area contributed by atoms with Crippen molar-refractivity contribution >= 4 is 46.4 Å². The van der Waals surface area contributed by atoms with Crippen LogP contribution < -0.4 is 21.1 Å². The first-order chi connectivity index (χ1) is 26.2. The molecule has 0 unspecified atom stereocenters. The molecular weight excluding hydrogens is 694 g/mol. The molecule has 0 aliphatic carbocycles. The molecule has 2 aliphatic heterocycles. The van der Waals surface area contributed by atoms with Crippen LogP contribution in [-0.4, -0.2) is 132 Å². The molecule has 3 aromatic rings. The molecule has 1 fully saturated rings. The molecule has 4 N–H and O–H groups in total. The lowest BCUT2D eigenvalue weighted by Crippen LogP contribution is -2.48. The van der Waals surface area contributed by atoms with Gasteiger partial charge in [0, 0.05) is 82.7 Å². The van der Waals surface area contributed by atoms with Gasteiger partial charge in [-0.15, -0.1) is 0 Å². The molecule has 1 aromatic carbocycles. The third-order valence-electron chi connectivity index (χ3n) is 9.39. The zero-order valence-corrected chi connectivity index (χ0v) is 31.4. The normalized spacial score (nSPS) is 14.7. The Labute approximate surface area is 316 Å². The molecule has 5 rings (SSSR count). The number of amides is 4. The van der Waals surface area contributed by atoms with E-state index in [1.807, 2.05) is 17.2 Å². The minimum absolute atomic E-state index is 0.0367. The number of unbranched alkanes of at least 4 members (excludes halogenated alkanes) is 2. The Hall–Kier alpha value is -5.06. The summed E-state index contributed by atoms with van der Waals surface area (Å²) in [5.41, 5.74) is 9.91. The van der Waals surface area contributed by atoms with E-state index in [4.69, 9.17) is 19.9 Å². The van der Waals surface area contributed by atoms with Gasteiger partial charge in [0.05, 0.1) is 52.0 Å². The Kier molecular flexibility index (Phi) is 15.2. The van der Waals surface area contributed by atoms with Crippen molar-refractivity contribution in [3.63, 3.8) is 0 Å². The number of carbonyl (C=O) groups excluding carboxylic acids is 4. The van der Waals surface area contributed by atoms with Gasteiger partial charge in [-0.2, -0.15) is 4.98 Å². The third-order valence-corrected chi connectivity index (χ3v) is 9.39. The summed E-state index contributed by atoms with van der Waals surface area (Å²) < 4.78 is 19.0. The van der Waals surface area contributed by atoms with E-state index in [0.29, 0.717) is 59.0 Å². The lowest BCUT2D eigenvalue weighted by Gasteiger charge is -2.35. The van der Waals surface area contributed by atoms with Crippen LogP contribution in [0.1, 0.15) is 50.2 Å². The molecule has 2 aliphatic rings. The topological polar surface area (TPSA) is 186 Å². The average Bonchev–Trinajstić information content (AvgIpc) is 3.72. The van der Waals surface area contributed by atoms with Gasteiger partial charge < -0.3 is 40.0 Å². The molecule has 0 bridgehead atoms. The van der Waals surface area contributed by atoms with Gasteiger partial charge >= 0.3 is 0 Å². The maximum atomic E-state index is 12.8. The van der Waals surface area contributed by atoms with E-state index < -0.39 is 11.8 Å². The minimum Gasteiger partial charge on any atom is -0.496 e. The second kappa shape index (κ2) is 20.4. The predicted octanol–water partition coefficient (Wildman–Crippen LogP) is 2.17. The highest BCUT2D eigenvalue weighted by Crippen LogP contribution is 2.27. The maximum absolute atomic E-state index is 12.8. The number of nitrogens with one attached hydrogen (secondary N) is 2. The van der Waals surface area contributed by atoms with E-state index in [-0.39, 0.29) is 30.7 Å². The van der Waals surface area contributed by atoms with E-state index >= 15 is 0 Å². The van der Waals surface area contributed by atoms with Crippen LogP contribution in [0.4, 0.5) is 11.8 Å². The van der Waals surface area contributed by atoms with E-state index in [9.17, 15) is 19.2 Å². The molecule has 4 amide bonds. The number of fused-ring (bicyclic) bond motifs is 1. The van der Waals surface area contributed by atoms with Crippen LogP contribution in [0.3, 0.4) is 0 Å². The molecule has 54 heavy (non-hydrogen) atoms. The number of ether oxygens (including phenoxy) is 3. The summed E-state index contributed by atoms with van der Waals surface area (Å²) in [4.78, 5) is 62.0. The van der Waals surface area contributed by atoms with Crippen LogP contribution in [0, 0.1) is 0 Å². The van der Waals surface area contributed by atoms with Crippen molar-refractivity contribution < 1.29 is 33.4 Å². The van der Waals surface area contributed by atoms with Gasteiger partial charge in [-0.3, -0.25) is 29.0 Å². The standard InChI is InChI=1S/C38H53N9O7/c1-3-4-5-13-41-37-36-30(42-38(39)43-37)10-15-46(36)27-29-7-6-28(25-31(29)52-2)26-44-17-19-45(20-18-44)33(49)12-21-53-23-24-54-22-14-40-32(48)11-16-47-34(50)8-9-35(47)51/h6-10,15,25H,3-5,11-14,16-24,26-27H2,1-2H3,(H,40,48)(H3,39,41,42,43). The molecule has 0 radical (unpaired) electrons. The number of rotatable bonds is 22. The number of anilines is 2. The van der Waals surface area contributed by atoms with Crippen LogP contribution >= 0.6 is 0 Å². The first-order valence-corrected chi connectivity index (χ1v) is 18.7. The number of aromatic nitrogens is 3. The molecule has 1 saturated heterocycles. The van der Waals surface area contributed by atoms with Crippen LogP contribution in [-0.2, 0) is 41.7 Å². The van der Waals surface area contributed by atoms with Crippen LogP contribution in [0.25, 0.3) is 11.0 Å². The Morgan fingerprint density at radius 1 is 0.889 bits per heavy atom. The van der Waals surface area contributed by atoms with Crippen molar-refractivity contribution in [2.45, 2.75) is 52.1 Å². The molecule has 292 valence electrons. The highest BCUT2D eigenvalue weighted by Gasteiger charge is 2.24. The molecule has 4 heterocycles. The van der Waals surface area contributed by atoms with Crippen molar-refractivity contribution in [3.8, 4) is 5.75 Å². The van der Waals surface area contributed by atoms with Gasteiger partial charge in [0.2, 0.25) is 17.8 Å². The third kappa shape index (κ3) is 11.5. The van der Waals surface area contributed by atoms with Gasteiger partial charge in [0.25, 0.3) is 11.8 Å². The Morgan fingerprint density at radius 2 is 1.65 bits per heavy atom. The Balaban J connectivity index is 0.964. The quantitative estimate of drug-likeness (QED) is 0.101. The Morgan fingerprint density at radius 3 is 2.39 bits per heavy atom. The maximum Gasteiger partial charge on any atom is 0.253 e. The molecule has 16 nitrogen and oxygen atoms in total. The fourth-order valence-corrected chi connectivity index (χ4v) is 6.43. The zero-order chi connectivity index (χ0) is 38.3. The summed E-state index contributed by atoms with van der Waals surface area (Å²) in [6.45, 7) is 8.86. The summed E-state index contributed by atoms with van der Waals surface area (Å²) in [6.07, 6.45) is 8.08. The van der Waals surface area contributed by atoms with E-state index in [1.165, 1.54) is 12.2 Å². The fraction of sp³-hybridized carbons (Fsp3) is 0.526. The second-order valence-corrected chi connectivity index (χ2v) is 13.3. The number of nitrogens with two attached hydrogens (primary N) is 1. The number of nitrogen functional groups attached to an aromatic ring is 1. The fourth-order valence-electron chi connectivity index (χ4n) is 6.43. The molecule has 2 aromatic heterocycles. The van der Waals surface area contributed by atoms with E-state index in [1.54, 1.807) is 7.11 Å². The van der Waals surface area contributed by atoms with Gasteiger partial charge in [-0.25, -0.2) is 4.98 Å². The van der Waals surface area contributed by atoms with Gasteiger partial charge in [-0.05, 0) is 24.1 Å². The average molecular weight is 748 g/mol. The monoisotopic (exact) mass is 747 g/mol. The van der Waals surface area contributed by atoms with Crippen molar-refractivity contribution in [1.29, 1.82) is 0 Å². The number of nitrogens with zero attached hydrogens (tertiary/aromatic N) is 6. The van der Waals surface area contributed by atoms with Gasteiger partial charge in [-0.1, -0.05) is 31.9 Å². The number of carbonyl (C=O) groups is 4. The summed E-state index contributed by atoms with van der Waals surface area (Å²) >= 11 is 0. The largest absolute Gasteiger partial charge is 0.496 e. The lowest BCUT2D eigenvalue weighted by molar-refractivity contribution is -0.137. The van der Waals surface area contributed by atoms with Crippen LogP contribution in [0.2, 0.25) is 0 Å². The zero-order valence-electron chi connectivity index (χ0n) is 31.4. The highest BCUT2D eigenvalue weighted by atomic mass is 16.5. The van der Waals surface area contributed by atoms with Crippen molar-refractivity contribution in [1.82, 2.24) is 34.6 Å². The molecule has 0 spiro atoms. The van der Waals surface area contributed by atoms with Crippen LogP contribution in [0.5, 0.6) is 5.75 Å². The minimum atomic E-state index is -0.404. The predicted molar refractivity (Wildman–Crippen MR) is 204 cm³/mol. The van der Waals surface area contributed by atoms with E-state index in [2.05, 4.69) is 55.2 Å². The van der Waals surface area contributed by atoms with Crippen molar-refractivity contribution in [2.75, 3.05) is 90.4 Å². The summed E-state index contributed by atoms with van der Waals surface area (Å²) in [5.74, 6) is 0.806. The number of methoxy groups -OCH3 is 1. The Bertz CT molecular complexity index is 1750. The summed E-state index contributed by atoms with van der Waals surface area (Å²) in [5, 5.41) is 6.15. The van der Waals surface area contributed by atoms with E-state index in [0.717, 1.165) is 84.1 Å². The molecular formula is C38H53N9O7. The van der Waals surface area contributed by atoms with Crippen molar-refractivity contribution in [2.24, 2.45) is 0 Å². The van der Waals surface area contributed by atoms with Gasteiger partial charge in [0.1, 0.15) is 11.3 Å². The first kappa shape index (κ1) is 40.1. The number of hydrogen-bond donors (Lipinski definition) is 3.